The minimum Gasteiger partial charge on any atom is -0.454 e. The first-order valence-corrected chi connectivity index (χ1v) is 12.6. The fraction of sp³-hybridized carbons (Fsp3) is 0.267. The molecule has 3 aromatic rings. The van der Waals surface area contributed by atoms with E-state index in [9.17, 15) is 23.2 Å². The molecule has 0 bridgehead atoms. The van der Waals surface area contributed by atoms with Crippen molar-refractivity contribution in [3.8, 4) is 11.5 Å². The molecular formula is C30H31F2N3O4. The quantitative estimate of drug-likeness (QED) is 0.199. The van der Waals surface area contributed by atoms with Crippen molar-refractivity contribution < 1.29 is 27.9 Å². The molecule has 0 aliphatic rings. The van der Waals surface area contributed by atoms with Crippen molar-refractivity contribution >= 4 is 23.4 Å². The maximum Gasteiger partial charge on any atom is 0.325 e. The van der Waals surface area contributed by atoms with Gasteiger partial charge in [-0.3, -0.25) is 19.9 Å². The van der Waals surface area contributed by atoms with E-state index in [0.29, 0.717) is 24.2 Å². The Bertz CT molecular complexity index is 1340. The summed E-state index contributed by atoms with van der Waals surface area (Å²) in [5.41, 5.74) is 2.47. The summed E-state index contributed by atoms with van der Waals surface area (Å²) in [6, 6.07) is 11.8. The van der Waals surface area contributed by atoms with Gasteiger partial charge < -0.3 is 10.1 Å². The van der Waals surface area contributed by atoms with Crippen LogP contribution in [-0.4, -0.2) is 22.7 Å². The number of ether oxygens (including phenoxy) is 1. The summed E-state index contributed by atoms with van der Waals surface area (Å²) in [5.74, 6) is -1.20. The lowest BCUT2D eigenvalue weighted by molar-refractivity contribution is -0.119. The number of carbonyl (C=O) groups excluding carboxylic acids is 3. The van der Waals surface area contributed by atoms with Gasteiger partial charge in [-0.05, 0) is 75.1 Å². The lowest BCUT2D eigenvalue weighted by Gasteiger charge is -2.11. The molecule has 0 aliphatic carbocycles. The van der Waals surface area contributed by atoms with Crippen molar-refractivity contribution in [3.63, 3.8) is 0 Å². The van der Waals surface area contributed by atoms with Gasteiger partial charge in [0.15, 0.2) is 17.3 Å². The molecule has 3 rings (SSSR count). The molecule has 1 aromatic heterocycles. The molecule has 9 heteroatoms. The first-order chi connectivity index (χ1) is 18.7. The third-order valence-electron chi connectivity index (χ3n) is 5.54. The molecule has 204 valence electrons. The number of hydrogen-bond donors (Lipinski definition) is 2. The van der Waals surface area contributed by atoms with Crippen molar-refractivity contribution in [1.82, 2.24) is 10.3 Å². The van der Waals surface area contributed by atoms with Crippen molar-refractivity contribution in [3.05, 3.63) is 95.3 Å². The monoisotopic (exact) mass is 535 g/mol. The average Bonchev–Trinajstić information content (AvgIpc) is 2.86. The SMILES string of the molecule is CC(C)=CC(=O)CCCCCc1cc(Oc2ccc(NC(=O)NC(=O)Cc3ccc(F)cc3)cc2F)ccn1. The first-order valence-electron chi connectivity index (χ1n) is 12.6. The number of benzene rings is 2. The summed E-state index contributed by atoms with van der Waals surface area (Å²) >= 11 is 0. The summed E-state index contributed by atoms with van der Waals surface area (Å²) in [6.45, 7) is 3.80. The van der Waals surface area contributed by atoms with Crippen LogP contribution in [0.15, 0.2) is 72.4 Å². The van der Waals surface area contributed by atoms with E-state index in [-0.39, 0.29) is 23.6 Å². The van der Waals surface area contributed by atoms with E-state index in [2.05, 4.69) is 15.6 Å². The fourth-order valence-corrected chi connectivity index (χ4v) is 3.74. The lowest BCUT2D eigenvalue weighted by atomic mass is 10.1. The Morgan fingerprint density at radius 3 is 2.44 bits per heavy atom. The normalized spacial score (nSPS) is 10.5. The van der Waals surface area contributed by atoms with Gasteiger partial charge in [0, 0.05) is 36.1 Å². The van der Waals surface area contributed by atoms with E-state index >= 15 is 0 Å². The second kappa shape index (κ2) is 14.5. The molecule has 0 saturated carbocycles. The summed E-state index contributed by atoms with van der Waals surface area (Å²) < 4.78 is 33.3. The van der Waals surface area contributed by atoms with Crippen molar-refractivity contribution in [1.29, 1.82) is 0 Å². The van der Waals surface area contributed by atoms with E-state index in [4.69, 9.17) is 4.74 Å². The number of nitrogens with one attached hydrogen (secondary N) is 2. The van der Waals surface area contributed by atoms with Crippen LogP contribution in [0.4, 0.5) is 19.3 Å². The van der Waals surface area contributed by atoms with Gasteiger partial charge in [0.1, 0.15) is 11.6 Å². The molecule has 0 unspecified atom stereocenters. The summed E-state index contributed by atoms with van der Waals surface area (Å²) in [5, 5.41) is 4.54. The number of imide groups is 1. The van der Waals surface area contributed by atoms with E-state index < -0.39 is 23.6 Å². The van der Waals surface area contributed by atoms with Crippen molar-refractivity contribution in [2.75, 3.05) is 5.32 Å². The highest BCUT2D eigenvalue weighted by molar-refractivity contribution is 6.01. The van der Waals surface area contributed by atoms with Gasteiger partial charge in [0.05, 0.1) is 6.42 Å². The standard InChI is InChI=1S/C30H31F2N3O4/c1-20(2)16-25(36)7-5-3-4-6-23-18-26(14-15-33-23)39-28-13-12-24(19-27(28)32)34-30(38)35-29(37)17-21-8-10-22(31)11-9-21/h8-16,18-19H,3-7,17H2,1-2H3,(H2,34,35,37,38). The summed E-state index contributed by atoms with van der Waals surface area (Å²) in [4.78, 5) is 40.2. The van der Waals surface area contributed by atoms with Crippen LogP contribution in [0.3, 0.4) is 0 Å². The molecule has 0 radical (unpaired) electrons. The molecule has 2 N–H and O–H groups in total. The number of unbranched alkanes of at least 4 members (excludes halogenated alkanes) is 2. The molecule has 1 heterocycles. The Hall–Kier alpha value is -4.40. The average molecular weight is 536 g/mol. The molecule has 7 nitrogen and oxygen atoms in total. The van der Waals surface area contributed by atoms with Gasteiger partial charge in [-0.1, -0.05) is 24.1 Å². The minimum atomic E-state index is -0.824. The highest BCUT2D eigenvalue weighted by Gasteiger charge is 2.12. The number of aromatic nitrogens is 1. The van der Waals surface area contributed by atoms with Crippen LogP contribution >= 0.6 is 0 Å². The zero-order chi connectivity index (χ0) is 28.2. The van der Waals surface area contributed by atoms with Crippen molar-refractivity contribution in [2.45, 2.75) is 52.4 Å². The molecule has 0 aliphatic heterocycles. The number of anilines is 1. The van der Waals surface area contributed by atoms with Crippen LogP contribution in [-0.2, 0) is 22.4 Å². The molecule has 0 spiro atoms. The molecule has 2 aromatic carbocycles. The molecule has 3 amide bonds. The van der Waals surface area contributed by atoms with E-state index in [1.165, 1.54) is 36.4 Å². The molecular weight excluding hydrogens is 504 g/mol. The van der Waals surface area contributed by atoms with Crippen LogP contribution in [0.5, 0.6) is 11.5 Å². The fourth-order valence-electron chi connectivity index (χ4n) is 3.74. The van der Waals surface area contributed by atoms with Gasteiger partial charge in [-0.2, -0.15) is 0 Å². The van der Waals surface area contributed by atoms with E-state index in [1.807, 2.05) is 13.8 Å². The van der Waals surface area contributed by atoms with Gasteiger partial charge in [-0.25, -0.2) is 13.6 Å². The third-order valence-corrected chi connectivity index (χ3v) is 5.54. The van der Waals surface area contributed by atoms with Crippen LogP contribution < -0.4 is 15.4 Å². The topological polar surface area (TPSA) is 97.4 Å². The van der Waals surface area contributed by atoms with Gasteiger partial charge in [0.25, 0.3) is 0 Å². The summed E-state index contributed by atoms with van der Waals surface area (Å²) in [7, 11) is 0. The largest absolute Gasteiger partial charge is 0.454 e. The Balaban J connectivity index is 1.46. The van der Waals surface area contributed by atoms with Crippen LogP contribution in [0.2, 0.25) is 0 Å². The Morgan fingerprint density at radius 1 is 0.949 bits per heavy atom. The van der Waals surface area contributed by atoms with Gasteiger partial charge >= 0.3 is 6.03 Å². The van der Waals surface area contributed by atoms with Gasteiger partial charge in [0.2, 0.25) is 5.91 Å². The molecule has 0 saturated heterocycles. The van der Waals surface area contributed by atoms with Crippen molar-refractivity contribution in [2.24, 2.45) is 0 Å². The molecule has 0 fully saturated rings. The minimum absolute atomic E-state index is 0.0386. The number of amides is 3. The predicted molar refractivity (Wildman–Crippen MR) is 145 cm³/mol. The summed E-state index contributed by atoms with van der Waals surface area (Å²) in [6.07, 6.45) is 6.94. The number of rotatable bonds is 12. The smallest absolute Gasteiger partial charge is 0.325 e. The van der Waals surface area contributed by atoms with Gasteiger partial charge in [-0.15, -0.1) is 0 Å². The number of nitrogens with zero attached hydrogens (tertiary/aromatic N) is 1. The second-order valence-electron chi connectivity index (χ2n) is 9.28. The van der Waals surface area contributed by atoms with E-state index in [1.54, 1.807) is 24.4 Å². The second-order valence-corrected chi connectivity index (χ2v) is 9.28. The number of urea groups is 1. The number of halogens is 2. The number of hydrogen-bond acceptors (Lipinski definition) is 5. The zero-order valence-electron chi connectivity index (χ0n) is 21.9. The maximum absolute atomic E-state index is 14.7. The number of aryl methyl sites for hydroxylation is 1. The zero-order valence-corrected chi connectivity index (χ0v) is 21.9. The first kappa shape index (κ1) is 29.2. The number of carbonyl (C=O) groups is 3. The third kappa shape index (κ3) is 10.5. The predicted octanol–water partition coefficient (Wildman–Crippen LogP) is 6.68. The Labute approximate surface area is 226 Å². The van der Waals surface area contributed by atoms with E-state index in [0.717, 1.165) is 36.6 Å². The van der Waals surface area contributed by atoms with Crippen LogP contribution in [0, 0.1) is 11.6 Å². The number of ketones is 1. The molecule has 0 atom stereocenters. The Kier molecular flexibility index (Phi) is 10.9. The lowest BCUT2D eigenvalue weighted by Crippen LogP contribution is -2.35. The number of allylic oxidation sites excluding steroid dienone is 2. The maximum atomic E-state index is 14.7. The van der Waals surface area contributed by atoms with Crippen LogP contribution in [0.1, 0.15) is 50.8 Å². The highest BCUT2D eigenvalue weighted by atomic mass is 19.1. The number of pyridine rings is 1. The molecule has 39 heavy (non-hydrogen) atoms. The Morgan fingerprint density at radius 2 is 1.72 bits per heavy atom. The highest BCUT2D eigenvalue weighted by Crippen LogP contribution is 2.27. The van der Waals surface area contributed by atoms with Crippen LogP contribution in [0.25, 0.3) is 0 Å².